The van der Waals surface area contributed by atoms with E-state index in [-0.39, 0.29) is 23.4 Å². The molecule has 1 fully saturated rings. The van der Waals surface area contributed by atoms with Crippen LogP contribution in [-0.2, 0) is 9.50 Å². The second kappa shape index (κ2) is 4.44. The van der Waals surface area contributed by atoms with E-state index in [4.69, 9.17) is 0 Å². The Labute approximate surface area is 111 Å². The summed E-state index contributed by atoms with van der Waals surface area (Å²) in [5, 5.41) is 0. The van der Waals surface area contributed by atoms with Gasteiger partial charge in [-0.25, -0.2) is 0 Å². The van der Waals surface area contributed by atoms with E-state index in [1.165, 1.54) is 0 Å². The third kappa shape index (κ3) is 2.37. The van der Waals surface area contributed by atoms with Crippen molar-refractivity contribution in [3.05, 3.63) is 0 Å². The van der Waals surface area contributed by atoms with Crippen molar-refractivity contribution in [1.29, 1.82) is 0 Å². The predicted octanol–water partition coefficient (Wildman–Crippen LogP) is 1.49. The van der Waals surface area contributed by atoms with Crippen LogP contribution in [0.2, 0.25) is 0 Å². The first-order chi connectivity index (χ1) is 7.97. The molecule has 4 nitrogen and oxygen atoms in total. The maximum atomic E-state index is 12.8. The summed E-state index contributed by atoms with van der Waals surface area (Å²) in [5.41, 5.74) is -0.987. The molecule has 0 saturated carbocycles. The van der Waals surface area contributed by atoms with Gasteiger partial charge in [0.25, 0.3) is 0 Å². The monoisotopic (exact) mass is 252 g/mol. The first-order valence-corrected chi connectivity index (χ1v) is 6.46. The van der Waals surface area contributed by atoms with Gasteiger partial charge in [0, 0.05) is 0 Å². The van der Waals surface area contributed by atoms with E-state index in [0.717, 1.165) is 13.6 Å². The number of amides is 1. The van der Waals surface area contributed by atoms with Crippen LogP contribution in [0.25, 0.3) is 0 Å². The molecule has 0 aromatic rings. The normalized spacial score (nSPS) is 27.8. The minimum atomic E-state index is -0.586. The summed E-state index contributed by atoms with van der Waals surface area (Å²) in [6.45, 7) is 12.3. The van der Waals surface area contributed by atoms with Crippen LogP contribution >= 0.6 is 0 Å². The fraction of sp³-hybridized carbons (Fsp3) is 0.923. The molecule has 1 atom stereocenters. The summed E-state index contributed by atoms with van der Waals surface area (Å²) >= 11 is 0. The number of carbonyl (C=O) groups excluding carboxylic acids is 1. The van der Waals surface area contributed by atoms with Gasteiger partial charge < -0.3 is 0 Å². The van der Waals surface area contributed by atoms with Gasteiger partial charge in [-0.15, -0.1) is 0 Å². The molecule has 0 radical (unpaired) electrons. The summed E-state index contributed by atoms with van der Waals surface area (Å²) in [5.74, 6) is 0.115. The molecule has 1 heterocycles. The second-order valence-electron chi connectivity index (χ2n) is 7.12. The fourth-order valence-electron chi connectivity index (χ4n) is 3.34. The molecule has 0 aromatic heterocycles. The number of rotatable bonds is 3. The van der Waals surface area contributed by atoms with Crippen molar-refractivity contribution in [2.24, 2.45) is 0 Å². The average Bonchev–Trinajstić information content (AvgIpc) is 2.32. The van der Waals surface area contributed by atoms with Crippen molar-refractivity contribution in [3.8, 4) is 0 Å². The summed E-state index contributed by atoms with van der Waals surface area (Å²) in [7, 11) is 2.69. The SMILES string of the molecule is CN(CB=O)C1(C)CC(C)(C)N(C(C)(C)C)C1=O. The second-order valence-corrected chi connectivity index (χ2v) is 7.12. The zero-order valence-electron chi connectivity index (χ0n) is 12.7. The Kier molecular flexibility index (Phi) is 3.79. The van der Waals surface area contributed by atoms with E-state index in [2.05, 4.69) is 34.6 Å². The van der Waals surface area contributed by atoms with Crippen LogP contribution in [0, 0.1) is 0 Å². The van der Waals surface area contributed by atoms with Gasteiger partial charge in [-0.05, 0) is 0 Å². The number of hydrogen-bond donors (Lipinski definition) is 0. The van der Waals surface area contributed by atoms with Crippen molar-refractivity contribution in [2.45, 2.75) is 64.6 Å². The Balaban J connectivity index is 3.16. The van der Waals surface area contributed by atoms with E-state index in [0.29, 0.717) is 0 Å². The molecular weight excluding hydrogens is 227 g/mol. The zero-order valence-corrected chi connectivity index (χ0v) is 12.7. The van der Waals surface area contributed by atoms with Crippen LogP contribution in [0.4, 0.5) is 0 Å². The molecule has 18 heavy (non-hydrogen) atoms. The van der Waals surface area contributed by atoms with Gasteiger partial charge in [-0.2, -0.15) is 0 Å². The minimum absolute atomic E-state index is 0.115. The van der Waals surface area contributed by atoms with Gasteiger partial charge in [-0.1, -0.05) is 0 Å². The van der Waals surface area contributed by atoms with Gasteiger partial charge in [0.2, 0.25) is 0 Å². The Morgan fingerprint density at radius 1 is 1.33 bits per heavy atom. The van der Waals surface area contributed by atoms with Crippen LogP contribution in [0.15, 0.2) is 0 Å². The van der Waals surface area contributed by atoms with Gasteiger partial charge in [0.1, 0.15) is 0 Å². The third-order valence-electron chi connectivity index (χ3n) is 3.91. The summed E-state index contributed by atoms with van der Waals surface area (Å²) < 4.78 is 10.7. The summed E-state index contributed by atoms with van der Waals surface area (Å²) in [6.07, 6.45) is 1.02. The van der Waals surface area contributed by atoms with E-state index >= 15 is 0 Å². The molecule has 1 amide bonds. The van der Waals surface area contributed by atoms with E-state index < -0.39 is 5.54 Å². The fourth-order valence-corrected chi connectivity index (χ4v) is 3.34. The van der Waals surface area contributed by atoms with Crippen LogP contribution < -0.4 is 0 Å². The van der Waals surface area contributed by atoms with E-state index in [9.17, 15) is 9.50 Å². The quantitative estimate of drug-likeness (QED) is 0.714. The predicted molar refractivity (Wildman–Crippen MR) is 72.8 cm³/mol. The first-order valence-electron chi connectivity index (χ1n) is 6.46. The third-order valence-corrected chi connectivity index (χ3v) is 3.91. The van der Waals surface area contributed by atoms with Crippen LogP contribution in [0.5, 0.6) is 0 Å². The topological polar surface area (TPSA) is 40.6 Å². The molecule has 0 bridgehead atoms. The first kappa shape index (κ1) is 15.4. The van der Waals surface area contributed by atoms with Gasteiger partial charge >= 0.3 is 110 Å². The van der Waals surface area contributed by atoms with Crippen LogP contribution in [0.3, 0.4) is 0 Å². The van der Waals surface area contributed by atoms with E-state index in [1.54, 1.807) is 0 Å². The van der Waals surface area contributed by atoms with Gasteiger partial charge in [0.05, 0.1) is 0 Å². The van der Waals surface area contributed by atoms with Crippen molar-refractivity contribution in [1.82, 2.24) is 9.80 Å². The number of hydrogen-bond acceptors (Lipinski definition) is 3. The van der Waals surface area contributed by atoms with Crippen LogP contribution in [0.1, 0.15) is 48.0 Å². The number of likely N-dealkylation sites (N-methyl/N-ethyl adjacent to an activating group) is 1. The Hall–Kier alpha value is -0.705. The Morgan fingerprint density at radius 3 is 2.17 bits per heavy atom. The molecule has 5 heteroatoms. The Bertz CT molecular complexity index is 362. The summed E-state index contributed by atoms with van der Waals surface area (Å²) in [6, 6.07) is 0. The van der Waals surface area contributed by atoms with Crippen molar-refractivity contribution >= 4 is 13.1 Å². The molecule has 102 valence electrons. The Morgan fingerprint density at radius 2 is 1.83 bits per heavy atom. The molecule has 1 aliphatic rings. The van der Waals surface area contributed by atoms with Crippen molar-refractivity contribution in [2.75, 3.05) is 13.5 Å². The molecule has 1 saturated heterocycles. The molecule has 0 aliphatic carbocycles. The molecule has 0 spiro atoms. The zero-order chi connectivity index (χ0) is 14.4. The summed E-state index contributed by atoms with van der Waals surface area (Å²) in [4.78, 5) is 16.6. The van der Waals surface area contributed by atoms with Crippen molar-refractivity contribution < 1.29 is 9.50 Å². The van der Waals surface area contributed by atoms with Crippen molar-refractivity contribution in [3.63, 3.8) is 0 Å². The standard InChI is InChI=1S/C13H25BN2O2/c1-11(2,3)16-10(17)13(6,8-12(16,4)5)15(7)9-14-18/h8-9H2,1-7H3. The molecule has 1 aliphatic heterocycles. The number of nitrogens with zero attached hydrogens (tertiary/aromatic N) is 2. The molecule has 0 aromatic carbocycles. The maximum absolute atomic E-state index is 12.8. The average molecular weight is 252 g/mol. The molecule has 1 unspecified atom stereocenters. The molecule has 1 rings (SSSR count). The van der Waals surface area contributed by atoms with E-state index in [1.807, 2.05) is 23.8 Å². The molecule has 0 N–H and O–H groups in total. The number of likely N-dealkylation sites (tertiary alicyclic amines) is 1. The molecular formula is C13H25BN2O2. The van der Waals surface area contributed by atoms with Gasteiger partial charge in [0.15, 0.2) is 0 Å². The van der Waals surface area contributed by atoms with Gasteiger partial charge in [-0.3, -0.25) is 0 Å². The number of carbonyl (C=O) groups is 1. The van der Waals surface area contributed by atoms with Crippen LogP contribution in [-0.4, -0.2) is 53.0 Å².